The second-order valence-electron chi connectivity index (χ2n) is 9.81. The van der Waals surface area contributed by atoms with E-state index in [1.165, 1.54) is 12.1 Å². The molecular weight excluding hydrogens is 495 g/mol. The number of carbonyl (C=O) groups excluding carboxylic acids is 1. The van der Waals surface area contributed by atoms with E-state index in [1.807, 2.05) is 63.9 Å². The Labute approximate surface area is 224 Å². The van der Waals surface area contributed by atoms with Gasteiger partial charge >= 0.3 is 0 Å². The summed E-state index contributed by atoms with van der Waals surface area (Å²) in [4.78, 5) is 30.5. The molecule has 1 fully saturated rings. The highest BCUT2D eigenvalue weighted by Crippen LogP contribution is 2.19. The van der Waals surface area contributed by atoms with E-state index in [1.54, 1.807) is 16.7 Å². The monoisotopic (exact) mass is 524 g/mol. The average molecular weight is 525 g/mol. The maximum absolute atomic E-state index is 13.4. The second-order valence-corrected chi connectivity index (χ2v) is 9.81. The molecule has 0 N–H and O–H groups in total. The Morgan fingerprint density at radius 2 is 1.54 bits per heavy atom. The van der Waals surface area contributed by atoms with Crippen LogP contribution in [0.1, 0.15) is 17.8 Å². The van der Waals surface area contributed by atoms with Gasteiger partial charge in [-0.2, -0.15) is 0 Å². The summed E-state index contributed by atoms with van der Waals surface area (Å²) in [5.74, 6) is 0.958. The van der Waals surface area contributed by atoms with Crippen LogP contribution < -0.4 is 10.5 Å². The lowest BCUT2D eigenvalue weighted by Gasteiger charge is -2.36. The average Bonchev–Trinajstić information content (AvgIpc) is 3.41. The van der Waals surface area contributed by atoms with E-state index in [9.17, 15) is 14.0 Å². The van der Waals surface area contributed by atoms with Crippen LogP contribution in [0.2, 0.25) is 0 Å². The number of aromatic nitrogens is 4. The number of piperazine rings is 1. The minimum atomic E-state index is -0.255. The predicted octanol–water partition coefficient (Wildman–Crippen LogP) is 3.71. The number of halogens is 1. The first kappa shape index (κ1) is 24.8. The number of hydrogen-bond donors (Lipinski definition) is 0. The van der Waals surface area contributed by atoms with Gasteiger partial charge in [0.15, 0.2) is 0 Å². The summed E-state index contributed by atoms with van der Waals surface area (Å²) in [6.45, 7) is 3.09. The summed E-state index contributed by atoms with van der Waals surface area (Å²) in [6.07, 6.45) is 1.41. The normalized spacial score (nSPS) is 13.9. The molecule has 1 aliphatic rings. The molecule has 0 unspecified atom stereocenters. The number of carbonyl (C=O) groups is 1. The molecule has 2 aromatic heterocycles. The van der Waals surface area contributed by atoms with Gasteiger partial charge in [-0.05, 0) is 48.4 Å². The highest BCUT2D eigenvalue weighted by molar-refractivity contribution is 5.80. The van der Waals surface area contributed by atoms with Crippen LogP contribution in [0.5, 0.6) is 0 Å². The van der Waals surface area contributed by atoms with Crippen LogP contribution in [-0.2, 0) is 24.2 Å². The fourth-order valence-electron chi connectivity index (χ4n) is 5.31. The lowest BCUT2D eigenvalue weighted by molar-refractivity contribution is -0.131. The van der Waals surface area contributed by atoms with Crippen molar-refractivity contribution < 1.29 is 9.18 Å². The molecule has 5 aromatic rings. The molecule has 9 heteroatoms. The van der Waals surface area contributed by atoms with E-state index in [2.05, 4.69) is 15.1 Å². The highest BCUT2D eigenvalue weighted by Gasteiger charge is 2.23. The molecular formula is C30H29FN6O2. The summed E-state index contributed by atoms with van der Waals surface area (Å²) in [5.41, 5.74) is 2.75. The maximum Gasteiger partial charge on any atom is 0.262 e. The van der Waals surface area contributed by atoms with Gasteiger partial charge in [-0.1, -0.05) is 42.5 Å². The topological polar surface area (TPSA) is 75.7 Å². The number of amides is 1. The number of anilines is 1. The Morgan fingerprint density at radius 1 is 0.821 bits per heavy atom. The lowest BCUT2D eigenvalue weighted by atomic mass is 10.1. The third-order valence-corrected chi connectivity index (χ3v) is 7.43. The number of hydrogen-bond acceptors (Lipinski definition) is 5. The number of benzene rings is 3. The first-order valence-corrected chi connectivity index (χ1v) is 13.3. The van der Waals surface area contributed by atoms with Crippen LogP contribution in [0.3, 0.4) is 0 Å². The summed E-state index contributed by atoms with van der Waals surface area (Å²) in [6, 6.07) is 24.0. The van der Waals surface area contributed by atoms with Crippen molar-refractivity contribution in [3.8, 4) is 0 Å². The van der Waals surface area contributed by atoms with Gasteiger partial charge in [-0.25, -0.2) is 4.39 Å². The maximum atomic E-state index is 13.4. The SMILES string of the molecule is O=C(CCc1nnc2n(CCc3ccccc3)c(=O)c3ccccc3n12)N1CCN(c2ccc(F)cc2)CC1. The molecule has 8 nitrogen and oxygen atoms in total. The number of para-hydroxylation sites is 1. The Hall–Kier alpha value is -4.53. The third-order valence-electron chi connectivity index (χ3n) is 7.43. The van der Waals surface area contributed by atoms with Gasteiger partial charge in [0.1, 0.15) is 11.6 Å². The number of rotatable bonds is 7. The summed E-state index contributed by atoms with van der Waals surface area (Å²) in [5, 5.41) is 9.42. The number of nitrogens with zero attached hydrogens (tertiary/aromatic N) is 6. The van der Waals surface area contributed by atoms with Gasteiger partial charge in [-0.3, -0.25) is 18.6 Å². The molecule has 1 aliphatic heterocycles. The zero-order valence-electron chi connectivity index (χ0n) is 21.5. The molecule has 0 saturated carbocycles. The van der Waals surface area contributed by atoms with Crippen molar-refractivity contribution in [3.05, 3.63) is 106 Å². The lowest BCUT2D eigenvalue weighted by Crippen LogP contribution is -2.48. The van der Waals surface area contributed by atoms with Crippen LogP contribution in [0.4, 0.5) is 10.1 Å². The molecule has 39 heavy (non-hydrogen) atoms. The third kappa shape index (κ3) is 4.99. The predicted molar refractivity (Wildman–Crippen MR) is 148 cm³/mol. The van der Waals surface area contributed by atoms with Crippen molar-refractivity contribution in [1.29, 1.82) is 0 Å². The van der Waals surface area contributed by atoms with Crippen LogP contribution in [-0.4, -0.2) is 56.2 Å². The molecule has 0 bridgehead atoms. The van der Waals surface area contributed by atoms with E-state index in [0.29, 0.717) is 69.0 Å². The first-order chi connectivity index (χ1) is 19.1. The second kappa shape index (κ2) is 10.7. The standard InChI is InChI=1S/C30H29FN6O2/c31-23-10-12-24(13-11-23)34-18-20-35(21-19-34)28(38)15-14-27-32-33-30-36(17-16-22-6-2-1-3-7-22)29(39)25-8-4-5-9-26(25)37(27)30/h1-13H,14-21H2. The van der Waals surface area contributed by atoms with E-state index in [0.717, 1.165) is 16.8 Å². The Balaban J connectivity index is 1.19. The smallest absolute Gasteiger partial charge is 0.262 e. The van der Waals surface area contributed by atoms with Crippen molar-refractivity contribution in [2.24, 2.45) is 0 Å². The quantitative estimate of drug-likeness (QED) is 0.325. The van der Waals surface area contributed by atoms with Gasteiger partial charge in [0.2, 0.25) is 11.7 Å². The van der Waals surface area contributed by atoms with Crippen molar-refractivity contribution >= 4 is 28.3 Å². The Kier molecular flexibility index (Phi) is 6.79. The zero-order chi connectivity index (χ0) is 26.8. The molecule has 198 valence electrons. The van der Waals surface area contributed by atoms with E-state index >= 15 is 0 Å². The van der Waals surface area contributed by atoms with E-state index in [-0.39, 0.29) is 17.3 Å². The molecule has 0 spiro atoms. The van der Waals surface area contributed by atoms with Gasteiger partial charge in [0.05, 0.1) is 10.9 Å². The minimum Gasteiger partial charge on any atom is -0.368 e. The zero-order valence-corrected chi connectivity index (χ0v) is 21.5. The molecule has 3 aromatic carbocycles. The van der Waals surface area contributed by atoms with Crippen LogP contribution in [0, 0.1) is 5.82 Å². The van der Waals surface area contributed by atoms with Crippen molar-refractivity contribution in [3.63, 3.8) is 0 Å². The summed E-state index contributed by atoms with van der Waals surface area (Å²) < 4.78 is 16.9. The van der Waals surface area contributed by atoms with Gasteiger partial charge < -0.3 is 9.80 Å². The van der Waals surface area contributed by atoms with Gasteiger partial charge in [0.25, 0.3) is 5.56 Å². The Bertz CT molecular complexity index is 1670. The molecule has 0 atom stereocenters. The number of fused-ring (bicyclic) bond motifs is 3. The van der Waals surface area contributed by atoms with Gasteiger partial charge in [-0.15, -0.1) is 10.2 Å². The van der Waals surface area contributed by atoms with Crippen molar-refractivity contribution in [1.82, 2.24) is 24.1 Å². The molecule has 6 rings (SSSR count). The van der Waals surface area contributed by atoms with Crippen molar-refractivity contribution in [2.75, 3.05) is 31.1 Å². The van der Waals surface area contributed by atoms with E-state index < -0.39 is 0 Å². The molecule has 1 saturated heterocycles. The van der Waals surface area contributed by atoms with Crippen LogP contribution in [0.25, 0.3) is 16.7 Å². The summed E-state index contributed by atoms with van der Waals surface area (Å²) >= 11 is 0. The largest absolute Gasteiger partial charge is 0.368 e. The van der Waals surface area contributed by atoms with Crippen LogP contribution >= 0.6 is 0 Å². The first-order valence-electron chi connectivity index (χ1n) is 13.3. The Morgan fingerprint density at radius 3 is 2.31 bits per heavy atom. The fraction of sp³-hybridized carbons (Fsp3) is 0.267. The van der Waals surface area contributed by atoms with Crippen molar-refractivity contribution in [2.45, 2.75) is 25.8 Å². The minimum absolute atomic E-state index is 0.0622. The summed E-state index contributed by atoms with van der Waals surface area (Å²) in [7, 11) is 0. The fourth-order valence-corrected chi connectivity index (χ4v) is 5.31. The van der Waals surface area contributed by atoms with Crippen LogP contribution in [0.15, 0.2) is 83.7 Å². The number of aryl methyl sites for hydroxylation is 3. The highest BCUT2D eigenvalue weighted by atomic mass is 19.1. The molecule has 1 amide bonds. The molecule has 3 heterocycles. The molecule has 0 radical (unpaired) electrons. The van der Waals surface area contributed by atoms with E-state index in [4.69, 9.17) is 0 Å². The molecule has 0 aliphatic carbocycles. The van der Waals surface area contributed by atoms with Gasteiger partial charge in [0, 0.05) is 51.3 Å².